The van der Waals surface area contributed by atoms with Gasteiger partial charge in [-0.15, -0.1) is 0 Å². The number of piperidine rings is 1. The minimum atomic E-state index is 0.0503. The SMILES string of the molecule is COc1ccc(OCC2CCCNC2)c(C(C)(C)C)c1. The summed E-state index contributed by atoms with van der Waals surface area (Å²) in [5.41, 5.74) is 1.26. The van der Waals surface area contributed by atoms with Crippen LogP contribution >= 0.6 is 0 Å². The molecule has 112 valence electrons. The molecule has 3 heteroatoms. The lowest BCUT2D eigenvalue weighted by Crippen LogP contribution is -2.33. The van der Waals surface area contributed by atoms with Crippen LogP contribution in [0.15, 0.2) is 18.2 Å². The number of ether oxygens (including phenoxy) is 2. The lowest BCUT2D eigenvalue weighted by atomic mass is 9.86. The second-order valence-corrected chi connectivity index (χ2v) is 6.64. The summed E-state index contributed by atoms with van der Waals surface area (Å²) in [6, 6.07) is 6.10. The summed E-state index contributed by atoms with van der Waals surface area (Å²) in [7, 11) is 1.70. The summed E-state index contributed by atoms with van der Waals surface area (Å²) in [5, 5.41) is 3.43. The van der Waals surface area contributed by atoms with Crippen molar-refractivity contribution in [3.05, 3.63) is 23.8 Å². The van der Waals surface area contributed by atoms with Gasteiger partial charge < -0.3 is 14.8 Å². The van der Waals surface area contributed by atoms with Crippen molar-refractivity contribution in [1.29, 1.82) is 0 Å². The van der Waals surface area contributed by atoms with E-state index in [1.807, 2.05) is 12.1 Å². The van der Waals surface area contributed by atoms with Gasteiger partial charge in [-0.3, -0.25) is 0 Å². The predicted octanol–water partition coefficient (Wildman–Crippen LogP) is 3.37. The van der Waals surface area contributed by atoms with Gasteiger partial charge in [-0.05, 0) is 43.0 Å². The average Bonchev–Trinajstić information content (AvgIpc) is 2.45. The fourth-order valence-corrected chi connectivity index (χ4v) is 2.62. The van der Waals surface area contributed by atoms with Crippen molar-refractivity contribution in [3.63, 3.8) is 0 Å². The van der Waals surface area contributed by atoms with E-state index in [0.717, 1.165) is 31.2 Å². The van der Waals surface area contributed by atoms with Gasteiger partial charge in [0.2, 0.25) is 0 Å². The zero-order valence-corrected chi connectivity index (χ0v) is 13.2. The van der Waals surface area contributed by atoms with E-state index >= 15 is 0 Å². The molecule has 1 N–H and O–H groups in total. The largest absolute Gasteiger partial charge is 0.497 e. The van der Waals surface area contributed by atoms with Crippen molar-refractivity contribution in [3.8, 4) is 11.5 Å². The zero-order chi connectivity index (χ0) is 14.6. The van der Waals surface area contributed by atoms with Crippen molar-refractivity contribution >= 4 is 0 Å². The van der Waals surface area contributed by atoms with E-state index < -0.39 is 0 Å². The number of nitrogens with one attached hydrogen (secondary N) is 1. The molecular formula is C17H27NO2. The molecule has 1 aromatic rings. The Bertz CT molecular complexity index is 431. The van der Waals surface area contributed by atoms with Crippen LogP contribution in [0.4, 0.5) is 0 Å². The summed E-state index contributed by atoms with van der Waals surface area (Å²) >= 11 is 0. The molecule has 0 spiro atoms. The molecule has 0 aliphatic carbocycles. The lowest BCUT2D eigenvalue weighted by Gasteiger charge is -2.26. The molecule has 0 saturated carbocycles. The standard InChI is InChI=1S/C17H27NO2/c1-17(2,3)15-10-14(19-4)7-8-16(15)20-12-13-6-5-9-18-11-13/h7-8,10,13,18H,5-6,9,11-12H2,1-4H3. The maximum absolute atomic E-state index is 6.11. The molecule has 20 heavy (non-hydrogen) atoms. The third kappa shape index (κ3) is 3.89. The highest BCUT2D eigenvalue weighted by Crippen LogP contribution is 2.34. The van der Waals surface area contributed by atoms with E-state index in [1.165, 1.54) is 18.4 Å². The number of methoxy groups -OCH3 is 1. The quantitative estimate of drug-likeness (QED) is 0.915. The molecule has 1 aliphatic heterocycles. The van der Waals surface area contributed by atoms with Crippen molar-refractivity contribution in [2.75, 3.05) is 26.8 Å². The van der Waals surface area contributed by atoms with Crippen LogP contribution in [0.2, 0.25) is 0 Å². The van der Waals surface area contributed by atoms with E-state index in [9.17, 15) is 0 Å². The van der Waals surface area contributed by atoms with Crippen LogP contribution in [0.25, 0.3) is 0 Å². The number of rotatable bonds is 4. The Balaban J connectivity index is 2.09. The maximum Gasteiger partial charge on any atom is 0.123 e. The molecule has 1 unspecified atom stereocenters. The Hall–Kier alpha value is -1.22. The van der Waals surface area contributed by atoms with Gasteiger partial charge in [0.15, 0.2) is 0 Å². The van der Waals surface area contributed by atoms with Gasteiger partial charge in [0.05, 0.1) is 13.7 Å². The molecule has 0 bridgehead atoms. The van der Waals surface area contributed by atoms with Crippen LogP contribution in [0.3, 0.4) is 0 Å². The Morgan fingerprint density at radius 1 is 1.30 bits per heavy atom. The molecule has 0 aromatic heterocycles. The van der Waals surface area contributed by atoms with Crippen LogP contribution in [0, 0.1) is 5.92 Å². The van der Waals surface area contributed by atoms with Crippen molar-refractivity contribution < 1.29 is 9.47 Å². The van der Waals surface area contributed by atoms with Gasteiger partial charge in [-0.1, -0.05) is 20.8 Å². The molecule has 1 aliphatic rings. The topological polar surface area (TPSA) is 30.5 Å². The van der Waals surface area contributed by atoms with Crippen molar-refractivity contribution in [2.24, 2.45) is 5.92 Å². The minimum absolute atomic E-state index is 0.0503. The normalized spacial score (nSPS) is 19.7. The Labute approximate surface area is 122 Å². The third-order valence-electron chi connectivity index (χ3n) is 3.87. The molecule has 2 rings (SSSR count). The summed E-state index contributed by atoms with van der Waals surface area (Å²) < 4.78 is 11.4. The minimum Gasteiger partial charge on any atom is -0.497 e. The molecule has 1 aromatic carbocycles. The monoisotopic (exact) mass is 277 g/mol. The van der Waals surface area contributed by atoms with Gasteiger partial charge in [-0.2, -0.15) is 0 Å². The highest BCUT2D eigenvalue weighted by atomic mass is 16.5. The van der Waals surface area contributed by atoms with Crippen LogP contribution in [0.5, 0.6) is 11.5 Å². The molecule has 0 amide bonds. The number of benzene rings is 1. The first-order chi connectivity index (χ1) is 9.50. The summed E-state index contributed by atoms with van der Waals surface area (Å²) in [5.74, 6) is 2.50. The zero-order valence-electron chi connectivity index (χ0n) is 13.2. The Morgan fingerprint density at radius 3 is 2.70 bits per heavy atom. The third-order valence-corrected chi connectivity index (χ3v) is 3.87. The fourth-order valence-electron chi connectivity index (χ4n) is 2.62. The van der Waals surface area contributed by atoms with Crippen molar-refractivity contribution in [2.45, 2.75) is 39.0 Å². The smallest absolute Gasteiger partial charge is 0.123 e. The van der Waals surface area contributed by atoms with E-state index in [-0.39, 0.29) is 5.41 Å². The van der Waals surface area contributed by atoms with Crippen molar-refractivity contribution in [1.82, 2.24) is 5.32 Å². The fraction of sp³-hybridized carbons (Fsp3) is 0.647. The second-order valence-electron chi connectivity index (χ2n) is 6.64. The predicted molar refractivity (Wildman–Crippen MR) is 82.8 cm³/mol. The molecular weight excluding hydrogens is 250 g/mol. The Morgan fingerprint density at radius 2 is 2.10 bits per heavy atom. The number of hydrogen-bond acceptors (Lipinski definition) is 3. The molecule has 1 atom stereocenters. The highest BCUT2D eigenvalue weighted by Gasteiger charge is 2.21. The van der Waals surface area contributed by atoms with E-state index in [1.54, 1.807) is 7.11 Å². The van der Waals surface area contributed by atoms with Crippen LogP contribution in [-0.4, -0.2) is 26.8 Å². The first kappa shape index (κ1) is 15.2. The lowest BCUT2D eigenvalue weighted by molar-refractivity contribution is 0.214. The van der Waals surface area contributed by atoms with Crippen LogP contribution in [-0.2, 0) is 5.41 Å². The van der Waals surface area contributed by atoms with Gasteiger partial charge in [0, 0.05) is 18.0 Å². The van der Waals surface area contributed by atoms with E-state index in [0.29, 0.717) is 5.92 Å². The molecule has 1 heterocycles. The van der Waals surface area contributed by atoms with E-state index in [4.69, 9.17) is 9.47 Å². The van der Waals surface area contributed by atoms with Gasteiger partial charge in [-0.25, -0.2) is 0 Å². The second kappa shape index (κ2) is 6.49. The van der Waals surface area contributed by atoms with Gasteiger partial charge in [0.25, 0.3) is 0 Å². The van der Waals surface area contributed by atoms with Crippen LogP contribution in [0.1, 0.15) is 39.2 Å². The van der Waals surface area contributed by atoms with Crippen LogP contribution < -0.4 is 14.8 Å². The molecule has 1 fully saturated rings. The average molecular weight is 277 g/mol. The highest BCUT2D eigenvalue weighted by molar-refractivity contribution is 5.44. The number of hydrogen-bond donors (Lipinski definition) is 1. The summed E-state index contributed by atoms with van der Waals surface area (Å²) in [4.78, 5) is 0. The molecule has 1 saturated heterocycles. The van der Waals surface area contributed by atoms with Gasteiger partial charge in [0.1, 0.15) is 11.5 Å². The molecule has 3 nitrogen and oxygen atoms in total. The summed E-state index contributed by atoms with van der Waals surface area (Å²) in [6.07, 6.45) is 2.51. The summed E-state index contributed by atoms with van der Waals surface area (Å²) in [6.45, 7) is 9.63. The first-order valence-electron chi connectivity index (χ1n) is 7.53. The van der Waals surface area contributed by atoms with E-state index in [2.05, 4.69) is 32.2 Å². The first-order valence-corrected chi connectivity index (χ1v) is 7.53. The Kier molecular flexibility index (Phi) is 4.92. The van der Waals surface area contributed by atoms with Gasteiger partial charge >= 0.3 is 0 Å². The molecule has 0 radical (unpaired) electrons. The maximum atomic E-state index is 6.11.